The van der Waals surface area contributed by atoms with Crippen LogP contribution in [0, 0.1) is 17.7 Å². The molecular weight excluding hydrogens is 391 g/mol. The number of hydrogen-bond donors (Lipinski definition) is 1. The molecule has 4 nitrogen and oxygen atoms in total. The molecule has 168 valence electrons. The topological polar surface area (TPSA) is 41.6 Å². The van der Waals surface area contributed by atoms with E-state index in [-0.39, 0.29) is 23.7 Å². The first-order valence-corrected chi connectivity index (χ1v) is 11.3. The monoisotopic (exact) mass is 426 g/mol. The summed E-state index contributed by atoms with van der Waals surface area (Å²) in [6.45, 7) is 7.26. The second-order valence-electron chi connectivity index (χ2n) is 8.93. The van der Waals surface area contributed by atoms with E-state index in [4.69, 9.17) is 4.74 Å². The van der Waals surface area contributed by atoms with Gasteiger partial charge in [-0.15, -0.1) is 0 Å². The van der Waals surface area contributed by atoms with Gasteiger partial charge in [0.05, 0.1) is 13.2 Å². The zero-order valence-electron chi connectivity index (χ0n) is 18.9. The fourth-order valence-electron chi connectivity index (χ4n) is 4.33. The number of amides is 1. The van der Waals surface area contributed by atoms with E-state index >= 15 is 0 Å². The summed E-state index contributed by atoms with van der Waals surface area (Å²) in [6, 6.07) is 14.6. The number of carbonyl (C=O) groups is 1. The SMILES string of the molecule is COc1cccc(CCN2CCC(CC(=O)N[C@@H](c3ccc(F)cc3)C(C)C)CC2)c1. The smallest absolute Gasteiger partial charge is 0.220 e. The Labute approximate surface area is 185 Å². The van der Waals surface area contributed by atoms with Crippen molar-refractivity contribution < 1.29 is 13.9 Å². The predicted octanol–water partition coefficient (Wildman–Crippen LogP) is 4.99. The van der Waals surface area contributed by atoms with Crippen LogP contribution in [0.4, 0.5) is 4.39 Å². The number of benzene rings is 2. The van der Waals surface area contributed by atoms with Gasteiger partial charge in [0.15, 0.2) is 0 Å². The van der Waals surface area contributed by atoms with Crippen LogP contribution in [0.1, 0.15) is 50.3 Å². The lowest BCUT2D eigenvalue weighted by atomic mass is 9.91. The van der Waals surface area contributed by atoms with E-state index in [0.717, 1.165) is 50.2 Å². The number of hydrogen-bond acceptors (Lipinski definition) is 3. The molecule has 1 saturated heterocycles. The van der Waals surface area contributed by atoms with Crippen LogP contribution in [0.2, 0.25) is 0 Å². The van der Waals surface area contributed by atoms with Crippen LogP contribution in [-0.4, -0.2) is 37.6 Å². The number of rotatable bonds is 9. The van der Waals surface area contributed by atoms with Crippen molar-refractivity contribution in [1.82, 2.24) is 10.2 Å². The summed E-state index contributed by atoms with van der Waals surface area (Å²) in [5.41, 5.74) is 2.25. The molecule has 0 radical (unpaired) electrons. The molecule has 1 atom stereocenters. The second kappa shape index (κ2) is 11.3. The van der Waals surface area contributed by atoms with Gasteiger partial charge in [-0.2, -0.15) is 0 Å². The number of likely N-dealkylation sites (tertiary alicyclic amines) is 1. The van der Waals surface area contributed by atoms with Crippen LogP contribution in [-0.2, 0) is 11.2 Å². The molecule has 0 aromatic heterocycles. The normalized spacial score (nSPS) is 16.3. The summed E-state index contributed by atoms with van der Waals surface area (Å²) in [4.78, 5) is 15.2. The van der Waals surface area contributed by atoms with Crippen molar-refractivity contribution in [3.05, 3.63) is 65.5 Å². The van der Waals surface area contributed by atoms with E-state index < -0.39 is 0 Å². The van der Waals surface area contributed by atoms with Gasteiger partial charge in [0.2, 0.25) is 5.91 Å². The first-order chi connectivity index (χ1) is 14.9. The van der Waals surface area contributed by atoms with Crippen LogP contribution >= 0.6 is 0 Å². The number of halogens is 1. The molecule has 0 bridgehead atoms. The van der Waals surface area contributed by atoms with Gasteiger partial charge in [0, 0.05) is 13.0 Å². The number of piperidine rings is 1. The largest absolute Gasteiger partial charge is 0.497 e. The third kappa shape index (κ3) is 7.06. The maximum absolute atomic E-state index is 13.2. The van der Waals surface area contributed by atoms with Crippen LogP contribution < -0.4 is 10.1 Å². The molecule has 0 unspecified atom stereocenters. The minimum Gasteiger partial charge on any atom is -0.497 e. The first-order valence-electron chi connectivity index (χ1n) is 11.3. The summed E-state index contributed by atoms with van der Waals surface area (Å²) in [6.07, 6.45) is 3.67. The lowest BCUT2D eigenvalue weighted by molar-refractivity contribution is -0.123. The van der Waals surface area contributed by atoms with E-state index in [1.807, 2.05) is 12.1 Å². The highest BCUT2D eigenvalue weighted by Gasteiger charge is 2.24. The summed E-state index contributed by atoms with van der Waals surface area (Å²) in [5, 5.41) is 3.18. The number of nitrogens with one attached hydrogen (secondary N) is 1. The van der Waals surface area contributed by atoms with Gasteiger partial charge in [-0.3, -0.25) is 4.79 Å². The van der Waals surface area contributed by atoms with Crippen LogP contribution in [0.15, 0.2) is 48.5 Å². The Balaban J connectivity index is 1.43. The zero-order chi connectivity index (χ0) is 22.2. The average molecular weight is 427 g/mol. The van der Waals surface area contributed by atoms with Crippen LogP contribution in [0.5, 0.6) is 5.75 Å². The number of nitrogens with zero attached hydrogens (tertiary/aromatic N) is 1. The Morgan fingerprint density at radius 3 is 2.52 bits per heavy atom. The van der Waals surface area contributed by atoms with Crippen molar-refractivity contribution in [2.24, 2.45) is 11.8 Å². The van der Waals surface area contributed by atoms with Gasteiger partial charge < -0.3 is 15.0 Å². The van der Waals surface area contributed by atoms with Gasteiger partial charge in [-0.05, 0) is 79.6 Å². The van der Waals surface area contributed by atoms with Crippen molar-refractivity contribution in [2.75, 3.05) is 26.7 Å². The quantitative estimate of drug-likeness (QED) is 0.614. The fourth-order valence-corrected chi connectivity index (χ4v) is 4.33. The van der Waals surface area contributed by atoms with Crippen molar-refractivity contribution in [3.63, 3.8) is 0 Å². The minimum absolute atomic E-state index is 0.0870. The number of carbonyl (C=O) groups excluding carboxylic acids is 1. The third-order valence-corrected chi connectivity index (χ3v) is 6.24. The highest BCUT2D eigenvalue weighted by atomic mass is 19.1. The number of ether oxygens (including phenoxy) is 1. The summed E-state index contributed by atoms with van der Waals surface area (Å²) in [7, 11) is 1.70. The van der Waals surface area contributed by atoms with Crippen LogP contribution in [0.25, 0.3) is 0 Å². The molecule has 1 aliphatic rings. The fraction of sp³-hybridized carbons (Fsp3) is 0.500. The highest BCUT2D eigenvalue weighted by molar-refractivity contribution is 5.76. The minimum atomic E-state index is -0.254. The Morgan fingerprint density at radius 1 is 1.16 bits per heavy atom. The number of methoxy groups -OCH3 is 1. The molecule has 2 aromatic rings. The summed E-state index contributed by atoms with van der Waals surface area (Å²) < 4.78 is 18.5. The molecule has 5 heteroatoms. The van der Waals surface area contributed by atoms with Crippen molar-refractivity contribution in [3.8, 4) is 5.75 Å². The van der Waals surface area contributed by atoms with Crippen molar-refractivity contribution in [1.29, 1.82) is 0 Å². The van der Waals surface area contributed by atoms with E-state index in [2.05, 4.69) is 36.2 Å². The Morgan fingerprint density at radius 2 is 1.87 bits per heavy atom. The van der Waals surface area contributed by atoms with Crippen LogP contribution in [0.3, 0.4) is 0 Å². The Bertz CT molecular complexity index is 830. The second-order valence-corrected chi connectivity index (χ2v) is 8.93. The van der Waals surface area contributed by atoms with Gasteiger partial charge in [-0.1, -0.05) is 38.1 Å². The Kier molecular flexibility index (Phi) is 8.47. The molecule has 0 spiro atoms. The van der Waals surface area contributed by atoms with Gasteiger partial charge >= 0.3 is 0 Å². The van der Waals surface area contributed by atoms with E-state index in [0.29, 0.717) is 12.3 Å². The molecule has 0 aliphatic carbocycles. The van der Waals surface area contributed by atoms with E-state index in [9.17, 15) is 9.18 Å². The molecule has 1 amide bonds. The zero-order valence-corrected chi connectivity index (χ0v) is 18.9. The average Bonchev–Trinajstić information content (AvgIpc) is 2.78. The first kappa shape index (κ1) is 23.3. The standard InChI is InChI=1S/C26H35FN2O2/c1-19(2)26(22-7-9-23(27)10-8-22)28-25(30)18-21-12-15-29(16-13-21)14-11-20-5-4-6-24(17-20)31-3/h4-10,17,19,21,26H,11-16,18H2,1-3H3,(H,28,30)/t26-/m1/s1. The van der Waals surface area contributed by atoms with Crippen molar-refractivity contribution in [2.45, 2.75) is 45.6 Å². The highest BCUT2D eigenvalue weighted by Crippen LogP contribution is 2.25. The molecule has 31 heavy (non-hydrogen) atoms. The lowest BCUT2D eigenvalue weighted by Gasteiger charge is -2.32. The molecule has 3 rings (SSSR count). The van der Waals surface area contributed by atoms with Gasteiger partial charge in [-0.25, -0.2) is 4.39 Å². The van der Waals surface area contributed by atoms with E-state index in [1.54, 1.807) is 19.2 Å². The predicted molar refractivity (Wildman–Crippen MR) is 123 cm³/mol. The molecule has 1 N–H and O–H groups in total. The Hall–Kier alpha value is -2.40. The van der Waals surface area contributed by atoms with Gasteiger partial charge in [0.25, 0.3) is 0 Å². The van der Waals surface area contributed by atoms with E-state index in [1.165, 1.54) is 17.7 Å². The summed E-state index contributed by atoms with van der Waals surface area (Å²) >= 11 is 0. The molecule has 1 heterocycles. The molecule has 1 aliphatic heterocycles. The third-order valence-electron chi connectivity index (χ3n) is 6.24. The maximum atomic E-state index is 13.2. The van der Waals surface area contributed by atoms with Gasteiger partial charge in [0.1, 0.15) is 11.6 Å². The summed E-state index contributed by atoms with van der Waals surface area (Å²) in [5.74, 6) is 1.41. The molecule has 1 fully saturated rings. The molecule has 0 saturated carbocycles. The molecule has 2 aromatic carbocycles. The van der Waals surface area contributed by atoms with Crippen molar-refractivity contribution >= 4 is 5.91 Å². The molecular formula is C26H35FN2O2. The lowest BCUT2D eigenvalue weighted by Crippen LogP contribution is -2.38. The maximum Gasteiger partial charge on any atom is 0.220 e.